The number of nitrogens with zero attached hydrogens (tertiary/aromatic N) is 1. The number of nitrogens with one attached hydrogen (secondary N) is 1. The Hall–Kier alpha value is -3.84. The second-order valence-corrected chi connectivity index (χ2v) is 9.70. The van der Waals surface area contributed by atoms with Gasteiger partial charge in [-0.3, -0.25) is 9.59 Å². The zero-order chi connectivity index (χ0) is 24.7. The zero-order valence-corrected chi connectivity index (χ0v) is 20.6. The summed E-state index contributed by atoms with van der Waals surface area (Å²) in [6, 6.07) is 14.6. The predicted molar refractivity (Wildman–Crippen MR) is 138 cm³/mol. The number of aryl methyl sites for hydroxylation is 2. The van der Waals surface area contributed by atoms with Crippen LogP contribution in [0, 0.1) is 13.8 Å². The van der Waals surface area contributed by atoms with Gasteiger partial charge in [-0.2, -0.15) is 0 Å². The highest BCUT2D eigenvalue weighted by molar-refractivity contribution is 7.10. The highest BCUT2D eigenvalue weighted by atomic mass is 32.1. The number of aromatic amines is 1. The third kappa shape index (κ3) is 3.91. The van der Waals surface area contributed by atoms with E-state index < -0.39 is 17.7 Å². The number of likely N-dealkylation sites (tertiary alicyclic amines) is 1. The van der Waals surface area contributed by atoms with Gasteiger partial charge in [0.15, 0.2) is 0 Å². The maximum atomic E-state index is 13.3. The van der Waals surface area contributed by atoms with Crippen LogP contribution in [0.15, 0.2) is 65.7 Å². The first-order valence-corrected chi connectivity index (χ1v) is 12.3. The first-order valence-electron chi connectivity index (χ1n) is 11.4. The first kappa shape index (κ1) is 22.9. The highest BCUT2D eigenvalue weighted by Crippen LogP contribution is 2.43. The summed E-state index contributed by atoms with van der Waals surface area (Å²) in [6.45, 7) is 4.19. The Morgan fingerprint density at radius 1 is 1.11 bits per heavy atom. The molecule has 1 aliphatic rings. The number of Topliss-reactive ketones (excluding diaryl/α,β-unsaturated/α-hetero) is 1. The Bertz CT molecular complexity index is 1480. The van der Waals surface area contributed by atoms with Gasteiger partial charge >= 0.3 is 0 Å². The van der Waals surface area contributed by atoms with Crippen LogP contribution in [0.25, 0.3) is 16.7 Å². The molecule has 1 atom stereocenters. The van der Waals surface area contributed by atoms with Crippen molar-refractivity contribution in [2.45, 2.75) is 26.3 Å². The van der Waals surface area contributed by atoms with E-state index in [-0.39, 0.29) is 11.3 Å². The van der Waals surface area contributed by atoms with Crippen LogP contribution in [0.4, 0.5) is 0 Å². The molecule has 2 N–H and O–H groups in total. The number of aliphatic hydroxyl groups is 1. The maximum absolute atomic E-state index is 13.3. The number of amides is 1. The van der Waals surface area contributed by atoms with Crippen LogP contribution in [-0.4, -0.2) is 40.3 Å². The van der Waals surface area contributed by atoms with Gasteiger partial charge in [-0.15, -0.1) is 11.3 Å². The molecule has 35 heavy (non-hydrogen) atoms. The number of rotatable bonds is 6. The van der Waals surface area contributed by atoms with Gasteiger partial charge in [0.05, 0.1) is 18.7 Å². The fraction of sp³-hybridized carbons (Fsp3) is 0.214. The normalized spacial score (nSPS) is 17.5. The van der Waals surface area contributed by atoms with Gasteiger partial charge < -0.3 is 19.7 Å². The minimum absolute atomic E-state index is 0.129. The lowest BCUT2D eigenvalue weighted by Gasteiger charge is -2.25. The minimum atomic E-state index is -0.660. The second-order valence-electron chi connectivity index (χ2n) is 8.75. The number of hydrogen-bond acceptors (Lipinski definition) is 5. The third-order valence-electron chi connectivity index (χ3n) is 6.66. The molecule has 1 fully saturated rings. The number of carbonyl (C=O) groups excluding carboxylic acids is 2. The zero-order valence-electron chi connectivity index (χ0n) is 19.8. The van der Waals surface area contributed by atoms with E-state index in [1.807, 2.05) is 55.8 Å². The van der Waals surface area contributed by atoms with Crippen molar-refractivity contribution in [3.63, 3.8) is 0 Å². The van der Waals surface area contributed by atoms with Crippen LogP contribution in [0.1, 0.15) is 33.2 Å². The van der Waals surface area contributed by atoms with Crippen LogP contribution in [0.2, 0.25) is 0 Å². The Morgan fingerprint density at radius 3 is 2.63 bits per heavy atom. The molecule has 3 heterocycles. The van der Waals surface area contributed by atoms with Crippen LogP contribution in [-0.2, 0) is 16.0 Å². The monoisotopic (exact) mass is 486 g/mol. The number of methoxy groups -OCH3 is 1. The first-order chi connectivity index (χ1) is 16.9. The molecule has 0 spiro atoms. The maximum Gasteiger partial charge on any atom is 0.295 e. The van der Waals surface area contributed by atoms with E-state index in [9.17, 15) is 14.7 Å². The number of thiophene rings is 1. The number of benzene rings is 2. The quantitative estimate of drug-likeness (QED) is 0.214. The van der Waals surface area contributed by atoms with Crippen LogP contribution < -0.4 is 4.74 Å². The van der Waals surface area contributed by atoms with Crippen LogP contribution >= 0.6 is 11.3 Å². The van der Waals surface area contributed by atoms with Gasteiger partial charge in [0.25, 0.3) is 11.7 Å². The molecular weight excluding hydrogens is 460 g/mol. The Labute approximate surface area is 207 Å². The molecule has 6 nitrogen and oxygen atoms in total. The highest BCUT2D eigenvalue weighted by Gasteiger charge is 2.46. The molecule has 1 aliphatic heterocycles. The average Bonchev–Trinajstić information content (AvgIpc) is 3.54. The summed E-state index contributed by atoms with van der Waals surface area (Å²) in [4.78, 5) is 32.3. The molecule has 0 radical (unpaired) electrons. The molecular formula is C28H26N2O4S. The van der Waals surface area contributed by atoms with E-state index in [2.05, 4.69) is 4.98 Å². The van der Waals surface area contributed by atoms with Crippen molar-refractivity contribution in [1.82, 2.24) is 9.88 Å². The average molecular weight is 487 g/mol. The van der Waals surface area contributed by atoms with Crippen molar-refractivity contribution >= 4 is 39.7 Å². The molecule has 1 unspecified atom stereocenters. The number of ether oxygens (including phenoxy) is 1. The summed E-state index contributed by atoms with van der Waals surface area (Å²) in [5.41, 5.74) is 4.53. The molecule has 7 heteroatoms. The van der Waals surface area contributed by atoms with E-state index in [0.717, 1.165) is 32.5 Å². The van der Waals surface area contributed by atoms with E-state index in [1.54, 1.807) is 30.2 Å². The predicted octanol–water partition coefficient (Wildman–Crippen LogP) is 5.52. The molecule has 4 aromatic rings. The summed E-state index contributed by atoms with van der Waals surface area (Å²) < 4.78 is 5.33. The SMILES string of the molecule is COc1ccc(/C(O)=C2/C(=O)C(=O)N(CCc3c[nH]c4ccccc34)C2c2sccc2C)cc1C. The molecule has 1 saturated heterocycles. The fourth-order valence-electron chi connectivity index (χ4n) is 4.81. The topological polar surface area (TPSA) is 82.6 Å². The number of aliphatic hydroxyl groups excluding tert-OH is 1. The number of aromatic nitrogens is 1. The molecule has 0 aliphatic carbocycles. The van der Waals surface area contributed by atoms with E-state index >= 15 is 0 Å². The van der Waals surface area contributed by atoms with Crippen molar-refractivity contribution in [1.29, 1.82) is 0 Å². The van der Waals surface area contributed by atoms with Gasteiger partial charge in [0.1, 0.15) is 11.5 Å². The van der Waals surface area contributed by atoms with E-state index in [4.69, 9.17) is 4.74 Å². The van der Waals surface area contributed by atoms with Crippen LogP contribution in [0.3, 0.4) is 0 Å². The number of H-pyrrole nitrogens is 1. The number of para-hydroxylation sites is 1. The van der Waals surface area contributed by atoms with Gasteiger partial charge in [0, 0.05) is 34.1 Å². The molecule has 0 bridgehead atoms. The molecule has 2 aromatic carbocycles. The van der Waals surface area contributed by atoms with Crippen molar-refractivity contribution in [2.24, 2.45) is 0 Å². The standard InChI is InChI=1S/C28H26N2O4S/c1-16-11-13-35-27(16)24-23(25(31)18-8-9-22(34-3)17(2)14-18)26(32)28(33)30(24)12-10-19-15-29-21-7-5-4-6-20(19)21/h4-9,11,13-15,24,29,31H,10,12H2,1-3H3/b25-23-. The molecule has 5 rings (SSSR count). The molecule has 178 valence electrons. The van der Waals surface area contributed by atoms with Gasteiger partial charge in [0.2, 0.25) is 0 Å². The van der Waals surface area contributed by atoms with Crippen molar-refractivity contribution < 1.29 is 19.4 Å². The Kier molecular flexibility index (Phi) is 5.94. The molecule has 2 aromatic heterocycles. The lowest BCUT2D eigenvalue weighted by molar-refractivity contribution is -0.139. The lowest BCUT2D eigenvalue weighted by atomic mass is 9.97. The summed E-state index contributed by atoms with van der Waals surface area (Å²) in [5, 5.41) is 14.4. The van der Waals surface area contributed by atoms with Crippen molar-refractivity contribution in [3.8, 4) is 5.75 Å². The second kappa shape index (κ2) is 9.07. The number of ketones is 1. The number of fused-ring (bicyclic) bond motifs is 1. The van der Waals surface area contributed by atoms with Crippen LogP contribution in [0.5, 0.6) is 5.75 Å². The number of hydrogen-bond donors (Lipinski definition) is 2. The fourth-order valence-corrected chi connectivity index (χ4v) is 5.86. The van der Waals surface area contributed by atoms with Gasteiger partial charge in [-0.05, 0) is 72.7 Å². The van der Waals surface area contributed by atoms with E-state index in [1.165, 1.54) is 11.3 Å². The Balaban J connectivity index is 1.56. The van der Waals surface area contributed by atoms with Crippen molar-refractivity contribution in [2.75, 3.05) is 13.7 Å². The minimum Gasteiger partial charge on any atom is -0.507 e. The van der Waals surface area contributed by atoms with E-state index in [0.29, 0.717) is 24.3 Å². The summed E-state index contributed by atoms with van der Waals surface area (Å²) >= 11 is 1.49. The largest absolute Gasteiger partial charge is 0.507 e. The van der Waals surface area contributed by atoms with Gasteiger partial charge in [-0.25, -0.2) is 0 Å². The summed E-state index contributed by atoms with van der Waals surface area (Å²) in [5.74, 6) is -0.727. The summed E-state index contributed by atoms with van der Waals surface area (Å²) in [7, 11) is 1.58. The summed E-state index contributed by atoms with van der Waals surface area (Å²) in [6.07, 6.45) is 2.53. The number of carbonyl (C=O) groups is 2. The van der Waals surface area contributed by atoms with Crippen molar-refractivity contribution in [3.05, 3.63) is 92.8 Å². The molecule has 1 amide bonds. The van der Waals surface area contributed by atoms with Gasteiger partial charge in [-0.1, -0.05) is 18.2 Å². The Morgan fingerprint density at radius 2 is 1.91 bits per heavy atom. The lowest BCUT2D eigenvalue weighted by Crippen LogP contribution is -2.31. The molecule has 0 saturated carbocycles. The smallest absolute Gasteiger partial charge is 0.295 e. The third-order valence-corrected chi connectivity index (χ3v) is 7.73.